The highest BCUT2D eigenvalue weighted by molar-refractivity contribution is 7.09. The fraction of sp³-hybridized carbons (Fsp3) is 0.350. The summed E-state index contributed by atoms with van der Waals surface area (Å²) in [6.45, 7) is 2.24. The molecule has 5 heteroatoms. The van der Waals surface area contributed by atoms with Gasteiger partial charge in [0.1, 0.15) is 0 Å². The van der Waals surface area contributed by atoms with E-state index in [1.165, 1.54) is 4.88 Å². The molecule has 1 amide bonds. The molecule has 4 nitrogen and oxygen atoms in total. The van der Waals surface area contributed by atoms with Crippen LogP contribution in [0.5, 0.6) is 0 Å². The smallest absolute Gasteiger partial charge is 0.254 e. The molecule has 0 radical (unpaired) electrons. The summed E-state index contributed by atoms with van der Waals surface area (Å²) in [5, 5.41) is 3.22. The third-order valence-electron chi connectivity index (χ3n) is 4.87. The van der Waals surface area contributed by atoms with Crippen molar-refractivity contribution >= 4 is 28.1 Å². The van der Waals surface area contributed by atoms with Crippen LogP contribution < -0.4 is 0 Å². The molecule has 1 fully saturated rings. The lowest BCUT2D eigenvalue weighted by atomic mass is 10.0. The summed E-state index contributed by atoms with van der Waals surface area (Å²) in [5.74, 6) is 0.125. The molecule has 2 aromatic heterocycles. The average Bonchev–Trinajstić information content (AvgIpc) is 3.33. The van der Waals surface area contributed by atoms with Crippen LogP contribution >= 0.6 is 11.3 Å². The number of carbonyl (C=O) groups is 1. The van der Waals surface area contributed by atoms with Gasteiger partial charge in [-0.3, -0.25) is 4.79 Å². The zero-order valence-corrected chi connectivity index (χ0v) is 14.9. The second kappa shape index (κ2) is 7.42. The summed E-state index contributed by atoms with van der Waals surface area (Å²) < 4.78 is 5.49. The summed E-state index contributed by atoms with van der Waals surface area (Å²) in [5.41, 5.74) is 1.77. The third-order valence-corrected chi connectivity index (χ3v) is 5.81. The normalized spacial score (nSPS) is 15.5. The second-order valence-electron chi connectivity index (χ2n) is 6.45. The molecule has 0 atom stereocenters. The number of H-pyrrole nitrogens is 1. The number of hydrogen-bond acceptors (Lipinski definition) is 3. The summed E-state index contributed by atoms with van der Waals surface area (Å²) in [7, 11) is 0. The molecule has 0 spiro atoms. The van der Waals surface area contributed by atoms with E-state index in [1.807, 2.05) is 30.5 Å². The first-order valence-electron chi connectivity index (χ1n) is 8.79. The van der Waals surface area contributed by atoms with Crippen molar-refractivity contribution in [1.29, 1.82) is 0 Å². The van der Waals surface area contributed by atoms with Gasteiger partial charge in [-0.25, -0.2) is 0 Å². The molecule has 25 heavy (non-hydrogen) atoms. The molecule has 4 rings (SSSR count). The Morgan fingerprint density at radius 2 is 2.12 bits per heavy atom. The van der Waals surface area contributed by atoms with Crippen molar-refractivity contribution in [3.05, 3.63) is 58.4 Å². The van der Waals surface area contributed by atoms with E-state index in [9.17, 15) is 4.79 Å². The van der Waals surface area contributed by atoms with Crippen LogP contribution in [0, 0.1) is 0 Å². The first kappa shape index (κ1) is 16.4. The zero-order chi connectivity index (χ0) is 17.1. The fourth-order valence-electron chi connectivity index (χ4n) is 3.48. The molecule has 130 valence electrons. The number of ether oxygens (including phenoxy) is 1. The Kier molecular flexibility index (Phi) is 4.85. The van der Waals surface area contributed by atoms with Gasteiger partial charge in [0, 0.05) is 48.0 Å². The highest BCUT2D eigenvalue weighted by Crippen LogP contribution is 2.21. The molecule has 1 saturated heterocycles. The quantitative estimate of drug-likeness (QED) is 0.750. The van der Waals surface area contributed by atoms with E-state index in [0.29, 0.717) is 0 Å². The largest absolute Gasteiger partial charge is 0.381 e. The standard InChI is InChI=1S/C20H22N2O2S/c23-20(16-4-3-15-5-9-21-19(15)14-16)22(17-7-11-24-12-8-17)10-6-18-2-1-13-25-18/h1-5,9,13-14,17,21H,6-8,10-12H2. The van der Waals surface area contributed by atoms with Crippen LogP contribution in [-0.2, 0) is 11.2 Å². The van der Waals surface area contributed by atoms with Crippen LogP contribution in [0.25, 0.3) is 10.9 Å². The Hall–Kier alpha value is -2.11. The summed E-state index contributed by atoms with van der Waals surface area (Å²) in [6, 6.07) is 12.4. The SMILES string of the molecule is O=C(c1ccc2cc[nH]c2c1)N(CCc1cccs1)C1CCOCC1. The molecule has 1 N–H and O–H groups in total. The molecule has 0 bridgehead atoms. The molecule has 0 saturated carbocycles. The summed E-state index contributed by atoms with van der Waals surface area (Å²) >= 11 is 1.75. The first-order valence-corrected chi connectivity index (χ1v) is 9.67. The number of hydrogen-bond donors (Lipinski definition) is 1. The van der Waals surface area contributed by atoms with Gasteiger partial charge in [0.25, 0.3) is 5.91 Å². The number of fused-ring (bicyclic) bond motifs is 1. The lowest BCUT2D eigenvalue weighted by Gasteiger charge is -2.34. The number of benzene rings is 1. The highest BCUT2D eigenvalue weighted by atomic mass is 32.1. The number of aromatic nitrogens is 1. The van der Waals surface area contributed by atoms with Gasteiger partial charge in [-0.05, 0) is 54.3 Å². The second-order valence-corrected chi connectivity index (χ2v) is 7.48. The minimum atomic E-state index is 0.125. The predicted molar refractivity (Wildman–Crippen MR) is 101 cm³/mol. The number of carbonyl (C=O) groups excluding carboxylic acids is 1. The van der Waals surface area contributed by atoms with Crippen molar-refractivity contribution in [3.8, 4) is 0 Å². The van der Waals surface area contributed by atoms with Gasteiger partial charge in [-0.2, -0.15) is 0 Å². The number of rotatable bonds is 5. The maximum absolute atomic E-state index is 13.2. The van der Waals surface area contributed by atoms with Crippen molar-refractivity contribution in [3.63, 3.8) is 0 Å². The van der Waals surface area contributed by atoms with E-state index in [0.717, 1.165) is 55.5 Å². The van der Waals surface area contributed by atoms with Gasteiger partial charge in [0.15, 0.2) is 0 Å². The molecular formula is C20H22N2O2S. The Bertz CT molecular complexity index is 834. The Morgan fingerprint density at radius 3 is 2.92 bits per heavy atom. The third kappa shape index (κ3) is 3.62. The molecule has 3 heterocycles. The van der Waals surface area contributed by atoms with E-state index >= 15 is 0 Å². The van der Waals surface area contributed by atoms with Crippen LogP contribution in [0.2, 0.25) is 0 Å². The van der Waals surface area contributed by atoms with Crippen LogP contribution in [-0.4, -0.2) is 41.6 Å². The molecule has 0 aliphatic carbocycles. The van der Waals surface area contributed by atoms with Crippen molar-refractivity contribution in [1.82, 2.24) is 9.88 Å². The zero-order valence-electron chi connectivity index (χ0n) is 14.1. The maximum Gasteiger partial charge on any atom is 0.254 e. The monoisotopic (exact) mass is 354 g/mol. The number of amides is 1. The number of thiophene rings is 1. The molecule has 1 aliphatic heterocycles. The number of aromatic amines is 1. The Morgan fingerprint density at radius 1 is 1.24 bits per heavy atom. The van der Waals surface area contributed by atoms with Crippen molar-refractivity contribution < 1.29 is 9.53 Å². The number of nitrogens with one attached hydrogen (secondary N) is 1. The predicted octanol–water partition coefficient (Wildman–Crippen LogP) is 4.09. The molecular weight excluding hydrogens is 332 g/mol. The lowest BCUT2D eigenvalue weighted by molar-refractivity contribution is 0.0294. The number of nitrogens with zero attached hydrogens (tertiary/aromatic N) is 1. The first-order chi connectivity index (χ1) is 12.3. The van der Waals surface area contributed by atoms with Gasteiger partial charge in [0.2, 0.25) is 0 Å². The fourth-order valence-corrected chi connectivity index (χ4v) is 4.18. The molecule has 1 aromatic carbocycles. The van der Waals surface area contributed by atoms with Crippen molar-refractivity contribution in [2.24, 2.45) is 0 Å². The van der Waals surface area contributed by atoms with Crippen LogP contribution in [0.4, 0.5) is 0 Å². The van der Waals surface area contributed by atoms with Gasteiger partial charge in [-0.15, -0.1) is 11.3 Å². The Balaban J connectivity index is 1.57. The average molecular weight is 354 g/mol. The van der Waals surface area contributed by atoms with Gasteiger partial charge < -0.3 is 14.6 Å². The highest BCUT2D eigenvalue weighted by Gasteiger charge is 2.26. The van der Waals surface area contributed by atoms with Crippen LogP contribution in [0.1, 0.15) is 28.1 Å². The molecule has 3 aromatic rings. The minimum Gasteiger partial charge on any atom is -0.381 e. The maximum atomic E-state index is 13.2. The molecule has 0 unspecified atom stereocenters. The van der Waals surface area contributed by atoms with E-state index in [1.54, 1.807) is 11.3 Å². The topological polar surface area (TPSA) is 45.3 Å². The van der Waals surface area contributed by atoms with Crippen LogP contribution in [0.15, 0.2) is 48.0 Å². The summed E-state index contributed by atoms with van der Waals surface area (Å²) in [6.07, 6.45) is 4.65. The van der Waals surface area contributed by atoms with Crippen LogP contribution in [0.3, 0.4) is 0 Å². The van der Waals surface area contributed by atoms with E-state index < -0.39 is 0 Å². The van der Waals surface area contributed by atoms with E-state index in [2.05, 4.69) is 27.4 Å². The van der Waals surface area contributed by atoms with Crippen molar-refractivity contribution in [2.45, 2.75) is 25.3 Å². The Labute approximate surface area is 151 Å². The molecule has 1 aliphatic rings. The van der Waals surface area contributed by atoms with E-state index in [-0.39, 0.29) is 11.9 Å². The van der Waals surface area contributed by atoms with Gasteiger partial charge in [-0.1, -0.05) is 12.1 Å². The van der Waals surface area contributed by atoms with Gasteiger partial charge in [0.05, 0.1) is 0 Å². The van der Waals surface area contributed by atoms with Gasteiger partial charge >= 0.3 is 0 Å². The minimum absolute atomic E-state index is 0.125. The van der Waals surface area contributed by atoms with Crippen molar-refractivity contribution in [2.75, 3.05) is 19.8 Å². The van der Waals surface area contributed by atoms with E-state index in [4.69, 9.17) is 4.74 Å². The summed E-state index contributed by atoms with van der Waals surface area (Å²) in [4.78, 5) is 19.8. The lowest BCUT2D eigenvalue weighted by Crippen LogP contribution is -2.44.